The smallest absolute Gasteiger partial charge is 0.311 e. The number of thiazole rings is 1. The van der Waals surface area contributed by atoms with Crippen molar-refractivity contribution >= 4 is 51.9 Å². The molecule has 1 heterocycles. The molecule has 0 saturated heterocycles. The quantitative estimate of drug-likeness (QED) is 0.482. The van der Waals surface area contributed by atoms with Crippen LogP contribution in [0.5, 0.6) is 0 Å². The number of aromatic nitrogens is 1. The first-order valence-electron chi connectivity index (χ1n) is 6.43. The molecule has 0 amide bonds. The van der Waals surface area contributed by atoms with Gasteiger partial charge in [-0.05, 0) is 13.0 Å². The third-order valence-electron chi connectivity index (χ3n) is 2.53. The molecule has 0 atom stereocenters. The Bertz CT molecular complexity index is 688. The first kappa shape index (κ1) is 16.7. The lowest BCUT2D eigenvalue weighted by atomic mass is 10.2. The predicted molar refractivity (Wildman–Crippen MR) is 90.1 cm³/mol. The van der Waals surface area contributed by atoms with E-state index in [1.807, 2.05) is 0 Å². The maximum absolute atomic E-state index is 11.4. The Kier molecular flexibility index (Phi) is 6.18. The molecule has 116 valence electrons. The molecule has 2 aromatic rings. The Balaban J connectivity index is 1.94. The average Bonchev–Trinajstić information content (AvgIpc) is 2.91. The molecule has 1 N–H and O–H groups in total. The van der Waals surface area contributed by atoms with E-state index in [0.29, 0.717) is 33.0 Å². The van der Waals surface area contributed by atoms with E-state index in [0.717, 1.165) is 0 Å². The van der Waals surface area contributed by atoms with E-state index in [4.69, 9.17) is 27.9 Å². The molecule has 0 radical (unpaired) electrons. The summed E-state index contributed by atoms with van der Waals surface area (Å²) in [7, 11) is 0. The van der Waals surface area contributed by atoms with E-state index in [1.54, 1.807) is 36.7 Å². The number of carbonyl (C=O) groups is 1. The molecule has 0 spiro atoms. The minimum absolute atomic E-state index is 0.149. The van der Waals surface area contributed by atoms with Crippen LogP contribution in [-0.2, 0) is 16.0 Å². The lowest BCUT2D eigenvalue weighted by Gasteiger charge is -1.99. The molecule has 0 saturated carbocycles. The van der Waals surface area contributed by atoms with Gasteiger partial charge in [0.15, 0.2) is 0 Å². The Morgan fingerprint density at radius 2 is 2.32 bits per heavy atom. The molecule has 1 aromatic heterocycles. The molecular formula is C14H13Cl2N3O2S. The van der Waals surface area contributed by atoms with Crippen molar-refractivity contribution in [2.24, 2.45) is 5.10 Å². The van der Waals surface area contributed by atoms with Gasteiger partial charge in [0.2, 0.25) is 5.13 Å². The molecule has 0 unspecified atom stereocenters. The van der Waals surface area contributed by atoms with Crippen LogP contribution in [0.2, 0.25) is 10.0 Å². The van der Waals surface area contributed by atoms with E-state index < -0.39 is 0 Å². The van der Waals surface area contributed by atoms with Crippen molar-refractivity contribution < 1.29 is 9.53 Å². The highest BCUT2D eigenvalue weighted by molar-refractivity contribution is 7.13. The van der Waals surface area contributed by atoms with Crippen molar-refractivity contribution in [1.82, 2.24) is 4.98 Å². The van der Waals surface area contributed by atoms with Gasteiger partial charge >= 0.3 is 5.97 Å². The van der Waals surface area contributed by atoms with Crippen molar-refractivity contribution in [1.29, 1.82) is 0 Å². The maximum atomic E-state index is 11.4. The van der Waals surface area contributed by atoms with Gasteiger partial charge in [0.05, 0.1) is 35.0 Å². The number of anilines is 1. The summed E-state index contributed by atoms with van der Waals surface area (Å²) in [5, 5.41) is 7.32. The number of nitrogens with one attached hydrogen (secondary N) is 1. The summed E-state index contributed by atoms with van der Waals surface area (Å²) in [5.41, 5.74) is 4.13. The fourth-order valence-corrected chi connectivity index (χ4v) is 2.59. The monoisotopic (exact) mass is 357 g/mol. The van der Waals surface area contributed by atoms with Gasteiger partial charge in [0.25, 0.3) is 0 Å². The highest BCUT2D eigenvalue weighted by Gasteiger charge is 2.08. The van der Waals surface area contributed by atoms with Gasteiger partial charge in [-0.25, -0.2) is 4.98 Å². The van der Waals surface area contributed by atoms with E-state index in [2.05, 4.69) is 15.5 Å². The minimum Gasteiger partial charge on any atom is -0.466 e. The fraction of sp³-hybridized carbons (Fsp3) is 0.214. The SMILES string of the molecule is CCOC(=O)Cc1csc(N/N=C\c2cccc(Cl)c2Cl)n1. The van der Waals surface area contributed by atoms with Crippen LogP contribution in [0, 0.1) is 0 Å². The number of nitrogens with zero attached hydrogens (tertiary/aromatic N) is 2. The van der Waals surface area contributed by atoms with Gasteiger partial charge < -0.3 is 4.74 Å². The van der Waals surface area contributed by atoms with Crippen molar-refractivity contribution in [3.63, 3.8) is 0 Å². The second-order valence-electron chi connectivity index (χ2n) is 4.14. The standard InChI is InChI=1S/C14H13Cl2N3O2S/c1-2-21-12(20)6-10-8-22-14(18-10)19-17-7-9-4-3-5-11(15)13(9)16/h3-5,7-8H,2,6H2,1H3,(H,18,19)/b17-7-. The number of halogens is 2. The van der Waals surface area contributed by atoms with Crippen LogP contribution in [0.25, 0.3) is 0 Å². The van der Waals surface area contributed by atoms with Crippen molar-refractivity contribution in [3.05, 3.63) is 44.9 Å². The highest BCUT2D eigenvalue weighted by atomic mass is 35.5. The Morgan fingerprint density at radius 3 is 3.09 bits per heavy atom. The Labute approximate surface area is 141 Å². The second-order valence-corrected chi connectivity index (χ2v) is 5.78. The molecule has 2 rings (SSSR count). The minimum atomic E-state index is -0.298. The van der Waals surface area contributed by atoms with E-state index in [1.165, 1.54) is 11.3 Å². The van der Waals surface area contributed by atoms with Crippen LogP contribution >= 0.6 is 34.5 Å². The largest absolute Gasteiger partial charge is 0.466 e. The summed E-state index contributed by atoms with van der Waals surface area (Å²) in [6.07, 6.45) is 1.70. The number of hydrazone groups is 1. The van der Waals surface area contributed by atoms with Crippen LogP contribution in [0.15, 0.2) is 28.7 Å². The van der Waals surface area contributed by atoms with E-state index in [9.17, 15) is 4.79 Å². The van der Waals surface area contributed by atoms with Crippen LogP contribution in [-0.4, -0.2) is 23.8 Å². The zero-order chi connectivity index (χ0) is 15.9. The molecule has 1 aromatic carbocycles. The topological polar surface area (TPSA) is 63.6 Å². The third-order valence-corrected chi connectivity index (χ3v) is 4.16. The van der Waals surface area contributed by atoms with Gasteiger partial charge in [-0.15, -0.1) is 11.3 Å². The number of hydrogen-bond acceptors (Lipinski definition) is 6. The molecule has 0 aliphatic heterocycles. The molecule has 0 aliphatic rings. The lowest BCUT2D eigenvalue weighted by Crippen LogP contribution is -2.07. The number of hydrogen-bond donors (Lipinski definition) is 1. The number of rotatable bonds is 6. The second kappa shape index (κ2) is 8.12. The first-order valence-corrected chi connectivity index (χ1v) is 8.06. The van der Waals surface area contributed by atoms with Crippen LogP contribution < -0.4 is 5.43 Å². The Morgan fingerprint density at radius 1 is 1.50 bits per heavy atom. The van der Waals surface area contributed by atoms with Crippen LogP contribution in [0.3, 0.4) is 0 Å². The van der Waals surface area contributed by atoms with Crippen LogP contribution in [0.4, 0.5) is 5.13 Å². The van der Waals surface area contributed by atoms with Crippen LogP contribution in [0.1, 0.15) is 18.2 Å². The zero-order valence-corrected chi connectivity index (χ0v) is 14.0. The summed E-state index contributed by atoms with van der Waals surface area (Å²) in [6, 6.07) is 5.29. The third kappa shape index (κ3) is 4.69. The molecule has 0 bridgehead atoms. The lowest BCUT2D eigenvalue weighted by molar-refractivity contribution is -0.142. The summed E-state index contributed by atoms with van der Waals surface area (Å²) in [4.78, 5) is 15.6. The molecular weight excluding hydrogens is 345 g/mol. The van der Waals surface area contributed by atoms with Crippen molar-refractivity contribution in [3.8, 4) is 0 Å². The Hall–Kier alpha value is -1.63. The normalized spacial score (nSPS) is 10.9. The number of carbonyl (C=O) groups excluding carboxylic acids is 1. The van der Waals surface area contributed by atoms with E-state index in [-0.39, 0.29) is 12.4 Å². The predicted octanol–water partition coefficient (Wildman–Crippen LogP) is 4.00. The average molecular weight is 358 g/mol. The number of ether oxygens (including phenoxy) is 1. The molecule has 22 heavy (non-hydrogen) atoms. The van der Waals surface area contributed by atoms with Crippen molar-refractivity contribution in [2.75, 3.05) is 12.0 Å². The first-order chi connectivity index (χ1) is 10.6. The summed E-state index contributed by atoms with van der Waals surface area (Å²) < 4.78 is 4.87. The zero-order valence-electron chi connectivity index (χ0n) is 11.7. The summed E-state index contributed by atoms with van der Waals surface area (Å²) in [5.74, 6) is -0.298. The summed E-state index contributed by atoms with van der Waals surface area (Å²) >= 11 is 13.3. The number of benzene rings is 1. The maximum Gasteiger partial charge on any atom is 0.311 e. The summed E-state index contributed by atoms with van der Waals surface area (Å²) in [6.45, 7) is 2.13. The number of esters is 1. The van der Waals surface area contributed by atoms with Crippen molar-refractivity contribution in [2.45, 2.75) is 13.3 Å². The van der Waals surface area contributed by atoms with Gasteiger partial charge in [0.1, 0.15) is 0 Å². The fourth-order valence-electron chi connectivity index (χ4n) is 1.58. The van der Waals surface area contributed by atoms with Gasteiger partial charge in [-0.1, -0.05) is 35.3 Å². The molecule has 5 nitrogen and oxygen atoms in total. The van der Waals surface area contributed by atoms with Gasteiger partial charge in [-0.2, -0.15) is 5.10 Å². The molecule has 8 heteroatoms. The van der Waals surface area contributed by atoms with E-state index >= 15 is 0 Å². The molecule has 0 fully saturated rings. The van der Waals surface area contributed by atoms with Gasteiger partial charge in [-0.3, -0.25) is 10.2 Å². The highest BCUT2D eigenvalue weighted by Crippen LogP contribution is 2.24. The van der Waals surface area contributed by atoms with Gasteiger partial charge in [0, 0.05) is 10.9 Å². The molecule has 0 aliphatic carbocycles.